The molecule has 2 aliphatic rings. The molecule has 1 aliphatic heterocycles. The van der Waals surface area contributed by atoms with Crippen molar-refractivity contribution in [3.05, 3.63) is 43.9 Å². The van der Waals surface area contributed by atoms with Crippen LogP contribution in [0.25, 0.3) is 11.1 Å². The number of methoxy groups -OCH3 is 1. The zero-order valence-electron chi connectivity index (χ0n) is 19.3. The van der Waals surface area contributed by atoms with Crippen molar-refractivity contribution in [2.45, 2.75) is 53.4 Å². The van der Waals surface area contributed by atoms with Gasteiger partial charge >= 0.3 is 5.97 Å². The molecule has 0 bridgehead atoms. The third-order valence-corrected chi connectivity index (χ3v) is 8.32. The number of aliphatic imine (C=N–C) groups is 1. The predicted octanol–water partition coefficient (Wildman–Crippen LogP) is 5.13. The van der Waals surface area contributed by atoms with Crippen LogP contribution in [0.2, 0.25) is 0 Å². The lowest BCUT2D eigenvalue weighted by Crippen LogP contribution is -2.28. The van der Waals surface area contributed by atoms with E-state index in [-0.39, 0.29) is 11.9 Å². The van der Waals surface area contributed by atoms with E-state index in [2.05, 4.69) is 15.6 Å². The van der Waals surface area contributed by atoms with Crippen LogP contribution in [-0.2, 0) is 22.4 Å². The molecule has 2 aromatic rings. The summed E-state index contributed by atoms with van der Waals surface area (Å²) in [7, 11) is 1.45. The summed E-state index contributed by atoms with van der Waals surface area (Å²) in [5.41, 5.74) is 4.87. The number of likely N-dealkylation sites (N-methyl/N-ethyl adjacent to an activating group) is 1. The van der Waals surface area contributed by atoms with Gasteiger partial charge in [0, 0.05) is 29.4 Å². The van der Waals surface area contributed by atoms with Crippen molar-refractivity contribution in [3.8, 4) is 5.00 Å². The minimum atomic E-state index is -0.271. The second kappa shape index (κ2) is 9.27. The second-order valence-corrected chi connectivity index (χ2v) is 10.1. The molecule has 1 aliphatic carbocycles. The molecule has 8 heteroatoms. The first-order valence-corrected chi connectivity index (χ1v) is 12.7. The van der Waals surface area contributed by atoms with Gasteiger partial charge in [0.1, 0.15) is 5.00 Å². The van der Waals surface area contributed by atoms with Crippen LogP contribution < -0.4 is 0 Å². The first kappa shape index (κ1) is 22.9. The molecule has 6 nitrogen and oxygen atoms in total. The summed E-state index contributed by atoms with van der Waals surface area (Å²) < 4.78 is 7.31. The van der Waals surface area contributed by atoms with Crippen molar-refractivity contribution < 1.29 is 14.3 Å². The van der Waals surface area contributed by atoms with Crippen LogP contribution in [0.4, 0.5) is 0 Å². The number of fused-ring (bicyclic) bond motifs is 1. The van der Waals surface area contributed by atoms with Crippen LogP contribution >= 0.6 is 23.1 Å². The highest BCUT2D eigenvalue weighted by atomic mass is 32.2. The molecule has 3 heterocycles. The Hall–Kier alpha value is -2.32. The number of carbonyl (C=O) groups excluding carboxylic acids is 2. The minimum absolute atomic E-state index is 0.00339. The standard InChI is InChI=1S/C24H29N3O3S2/c1-6-25-24-26(7-2)21(28)19(32-24)13-16-12-14(3)27(15(16)4)22-20(23(29)30-5)17-10-8-9-11-18(17)31-22/h12-13H,6-11H2,1-5H3/b19-13-,25-24?. The number of aryl methyl sites for hydroxylation is 2. The minimum Gasteiger partial charge on any atom is -0.465 e. The van der Waals surface area contributed by atoms with E-state index in [0.717, 1.165) is 58.4 Å². The smallest absolute Gasteiger partial charge is 0.341 e. The number of hydrogen-bond donors (Lipinski definition) is 0. The summed E-state index contributed by atoms with van der Waals surface area (Å²) in [6, 6.07) is 2.08. The van der Waals surface area contributed by atoms with Crippen LogP contribution in [-0.4, -0.2) is 46.7 Å². The molecule has 1 fully saturated rings. The highest BCUT2D eigenvalue weighted by Gasteiger charge is 2.33. The lowest BCUT2D eigenvalue weighted by atomic mass is 9.95. The summed E-state index contributed by atoms with van der Waals surface area (Å²) in [6.45, 7) is 9.27. The number of thioether (sulfide) groups is 1. The molecule has 0 spiro atoms. The maximum Gasteiger partial charge on any atom is 0.341 e. The molecule has 4 rings (SSSR count). The number of amides is 1. The highest BCUT2D eigenvalue weighted by Crippen LogP contribution is 2.40. The molecule has 2 aromatic heterocycles. The summed E-state index contributed by atoms with van der Waals surface area (Å²) in [5.74, 6) is -0.274. The molecule has 0 atom stereocenters. The average Bonchev–Trinajstić information content (AvgIpc) is 3.39. The Labute approximate surface area is 197 Å². The maximum atomic E-state index is 12.9. The van der Waals surface area contributed by atoms with Gasteiger partial charge in [-0.3, -0.25) is 14.7 Å². The molecule has 0 radical (unpaired) electrons. The number of ether oxygens (including phenoxy) is 1. The quantitative estimate of drug-likeness (QED) is 0.448. The van der Waals surface area contributed by atoms with Gasteiger partial charge < -0.3 is 9.30 Å². The van der Waals surface area contributed by atoms with Gasteiger partial charge in [-0.25, -0.2) is 4.79 Å². The fraction of sp³-hybridized carbons (Fsp3) is 0.458. The zero-order valence-corrected chi connectivity index (χ0v) is 20.9. The van der Waals surface area contributed by atoms with Crippen molar-refractivity contribution >= 4 is 46.2 Å². The number of hydrogen-bond acceptors (Lipinski definition) is 6. The van der Waals surface area contributed by atoms with E-state index in [1.165, 1.54) is 23.7 Å². The van der Waals surface area contributed by atoms with Crippen LogP contribution in [0.3, 0.4) is 0 Å². The van der Waals surface area contributed by atoms with Gasteiger partial charge in [0.15, 0.2) is 5.17 Å². The summed E-state index contributed by atoms with van der Waals surface area (Å²) in [6.07, 6.45) is 6.15. The lowest BCUT2D eigenvalue weighted by Gasteiger charge is -2.12. The van der Waals surface area contributed by atoms with Gasteiger partial charge in [-0.05, 0) is 88.4 Å². The fourth-order valence-electron chi connectivity index (χ4n) is 4.45. The Bertz CT molecular complexity index is 1140. The third kappa shape index (κ3) is 3.83. The van der Waals surface area contributed by atoms with Crippen molar-refractivity contribution in [1.82, 2.24) is 9.47 Å². The Morgan fingerprint density at radius 2 is 2.00 bits per heavy atom. The van der Waals surface area contributed by atoms with Gasteiger partial charge in [-0.1, -0.05) is 0 Å². The number of nitrogens with zero attached hydrogens (tertiary/aromatic N) is 3. The molecule has 32 heavy (non-hydrogen) atoms. The van der Waals surface area contributed by atoms with Crippen molar-refractivity contribution in [2.24, 2.45) is 4.99 Å². The number of amidine groups is 1. The topological polar surface area (TPSA) is 63.9 Å². The highest BCUT2D eigenvalue weighted by molar-refractivity contribution is 8.18. The molecule has 0 N–H and O–H groups in total. The van der Waals surface area contributed by atoms with Gasteiger partial charge in [0.25, 0.3) is 5.91 Å². The summed E-state index contributed by atoms with van der Waals surface area (Å²) >= 11 is 3.13. The predicted molar refractivity (Wildman–Crippen MR) is 132 cm³/mol. The maximum absolute atomic E-state index is 12.9. The van der Waals surface area contributed by atoms with Crippen LogP contribution in [0.1, 0.15) is 64.4 Å². The van der Waals surface area contributed by atoms with Crippen LogP contribution in [0.15, 0.2) is 16.0 Å². The van der Waals surface area contributed by atoms with E-state index in [4.69, 9.17) is 4.74 Å². The Kier molecular flexibility index (Phi) is 6.62. The number of aromatic nitrogens is 1. The Morgan fingerprint density at radius 3 is 2.69 bits per heavy atom. The number of thiophene rings is 1. The zero-order chi connectivity index (χ0) is 23.0. The van der Waals surface area contributed by atoms with Crippen molar-refractivity contribution in [3.63, 3.8) is 0 Å². The van der Waals surface area contributed by atoms with Gasteiger partial charge in [0.2, 0.25) is 0 Å². The van der Waals surface area contributed by atoms with E-state index in [0.29, 0.717) is 23.6 Å². The molecule has 170 valence electrons. The van der Waals surface area contributed by atoms with Gasteiger partial charge in [-0.2, -0.15) is 0 Å². The third-order valence-electron chi connectivity index (χ3n) is 6.00. The first-order chi connectivity index (χ1) is 15.4. The normalized spacial score (nSPS) is 18.7. The molecule has 0 unspecified atom stereocenters. The van der Waals surface area contributed by atoms with Crippen molar-refractivity contribution in [1.29, 1.82) is 0 Å². The van der Waals surface area contributed by atoms with E-state index in [9.17, 15) is 9.59 Å². The van der Waals surface area contributed by atoms with Crippen LogP contribution in [0.5, 0.6) is 0 Å². The molecule has 1 amide bonds. The summed E-state index contributed by atoms with van der Waals surface area (Å²) in [5, 5.41) is 1.69. The Balaban J connectivity index is 1.80. The Morgan fingerprint density at radius 1 is 1.25 bits per heavy atom. The SMILES string of the molecule is CCN=C1S/C(=C\c2cc(C)n(-c3sc4c(c3C(=O)OC)CCCC4)c2C)C(=O)N1CC. The largest absolute Gasteiger partial charge is 0.465 e. The lowest BCUT2D eigenvalue weighted by molar-refractivity contribution is -0.122. The molecular formula is C24H29N3O3S2. The molecule has 1 saturated heterocycles. The monoisotopic (exact) mass is 471 g/mol. The number of esters is 1. The average molecular weight is 472 g/mol. The summed E-state index contributed by atoms with van der Waals surface area (Å²) in [4.78, 5) is 33.8. The molecule has 0 aromatic carbocycles. The van der Waals surface area contributed by atoms with E-state index in [1.54, 1.807) is 16.2 Å². The van der Waals surface area contributed by atoms with Gasteiger partial charge in [0.05, 0.1) is 17.6 Å². The second-order valence-electron chi connectivity index (χ2n) is 7.96. The first-order valence-electron chi connectivity index (χ1n) is 11.1. The molecule has 0 saturated carbocycles. The van der Waals surface area contributed by atoms with E-state index < -0.39 is 0 Å². The van der Waals surface area contributed by atoms with Crippen LogP contribution in [0, 0.1) is 13.8 Å². The number of carbonyl (C=O) groups is 2. The van der Waals surface area contributed by atoms with E-state index >= 15 is 0 Å². The van der Waals surface area contributed by atoms with Gasteiger partial charge in [-0.15, -0.1) is 11.3 Å². The molecular weight excluding hydrogens is 442 g/mol. The van der Waals surface area contributed by atoms with E-state index in [1.807, 2.05) is 33.8 Å². The fourth-order valence-corrected chi connectivity index (χ4v) is 7.03. The number of rotatable bonds is 5. The van der Waals surface area contributed by atoms with Crippen molar-refractivity contribution in [2.75, 3.05) is 20.2 Å².